The number of halogens is 1. The Morgan fingerprint density at radius 2 is 2.38 bits per heavy atom. The van der Waals surface area contributed by atoms with Crippen molar-refractivity contribution in [1.82, 2.24) is 10.2 Å². The fraction of sp³-hybridized carbons (Fsp3) is 0.250. The standard InChI is InChI=1S/C4H5BrN2O/c5-2-3-1-4(8)7-6-3/h1H,2H2,(H2,6,7,8). The number of alkyl halides is 1. The Morgan fingerprint density at radius 1 is 1.62 bits per heavy atom. The lowest BCUT2D eigenvalue weighted by molar-refractivity contribution is 1.02. The van der Waals surface area contributed by atoms with Gasteiger partial charge in [-0.15, -0.1) is 0 Å². The molecule has 0 bridgehead atoms. The van der Waals surface area contributed by atoms with Crippen LogP contribution in [0.5, 0.6) is 0 Å². The van der Waals surface area contributed by atoms with E-state index in [0.29, 0.717) is 5.33 Å². The Balaban J connectivity index is 3.01. The summed E-state index contributed by atoms with van der Waals surface area (Å²) in [6.45, 7) is 0. The van der Waals surface area contributed by atoms with Crippen LogP contribution in [0.25, 0.3) is 0 Å². The van der Waals surface area contributed by atoms with E-state index in [1.807, 2.05) is 0 Å². The minimum absolute atomic E-state index is 0.0838. The Hall–Kier alpha value is -0.510. The average molecular weight is 177 g/mol. The second-order valence-electron chi connectivity index (χ2n) is 1.42. The van der Waals surface area contributed by atoms with E-state index in [0.717, 1.165) is 5.69 Å². The van der Waals surface area contributed by atoms with Crippen LogP contribution in [0.1, 0.15) is 5.69 Å². The van der Waals surface area contributed by atoms with E-state index in [9.17, 15) is 4.79 Å². The Kier molecular flexibility index (Phi) is 1.53. The third kappa shape index (κ3) is 1.01. The molecule has 1 heterocycles. The van der Waals surface area contributed by atoms with Crippen molar-refractivity contribution in [2.24, 2.45) is 0 Å². The molecule has 0 fully saturated rings. The molecule has 44 valence electrons. The summed E-state index contributed by atoms with van der Waals surface area (Å²) < 4.78 is 0. The molecule has 4 heteroatoms. The van der Waals surface area contributed by atoms with Gasteiger partial charge >= 0.3 is 0 Å². The molecule has 0 spiro atoms. The first-order valence-corrected chi connectivity index (χ1v) is 3.27. The molecule has 0 aliphatic rings. The summed E-state index contributed by atoms with van der Waals surface area (Å²) in [6.07, 6.45) is 0. The third-order valence-corrected chi connectivity index (χ3v) is 1.40. The van der Waals surface area contributed by atoms with E-state index in [-0.39, 0.29) is 5.56 Å². The van der Waals surface area contributed by atoms with Crippen LogP contribution in [-0.4, -0.2) is 10.2 Å². The highest BCUT2D eigenvalue weighted by Gasteiger charge is 1.89. The first-order chi connectivity index (χ1) is 3.83. The van der Waals surface area contributed by atoms with Gasteiger partial charge in [-0.25, -0.2) is 0 Å². The lowest BCUT2D eigenvalue weighted by Gasteiger charge is -1.78. The zero-order chi connectivity index (χ0) is 5.98. The summed E-state index contributed by atoms with van der Waals surface area (Å²) in [5.74, 6) is 0. The number of rotatable bonds is 1. The highest BCUT2D eigenvalue weighted by molar-refractivity contribution is 9.08. The lowest BCUT2D eigenvalue weighted by atomic mass is 10.5. The quantitative estimate of drug-likeness (QED) is 0.606. The summed E-state index contributed by atoms with van der Waals surface area (Å²) in [7, 11) is 0. The molecule has 0 atom stereocenters. The van der Waals surface area contributed by atoms with Crippen molar-refractivity contribution in [3.63, 3.8) is 0 Å². The Bertz CT molecular complexity index is 214. The summed E-state index contributed by atoms with van der Waals surface area (Å²) >= 11 is 3.18. The molecule has 0 radical (unpaired) electrons. The van der Waals surface area contributed by atoms with Gasteiger partial charge in [-0.2, -0.15) is 0 Å². The molecule has 0 saturated heterocycles. The first-order valence-electron chi connectivity index (χ1n) is 2.15. The zero-order valence-electron chi connectivity index (χ0n) is 4.07. The average Bonchev–Trinajstić information content (AvgIpc) is 2.14. The predicted molar refractivity (Wildman–Crippen MR) is 34.0 cm³/mol. The molecule has 0 amide bonds. The minimum Gasteiger partial charge on any atom is -0.301 e. The van der Waals surface area contributed by atoms with E-state index in [2.05, 4.69) is 26.1 Å². The fourth-order valence-electron chi connectivity index (χ4n) is 0.444. The molecule has 8 heavy (non-hydrogen) atoms. The number of hydrogen-bond donors (Lipinski definition) is 2. The molecular weight excluding hydrogens is 172 g/mol. The van der Waals surface area contributed by atoms with E-state index in [1.54, 1.807) is 0 Å². The van der Waals surface area contributed by atoms with Gasteiger partial charge < -0.3 is 5.10 Å². The highest BCUT2D eigenvalue weighted by Crippen LogP contribution is 1.94. The van der Waals surface area contributed by atoms with Gasteiger partial charge in [0.05, 0.1) is 0 Å². The Labute approximate surface area is 54.2 Å². The molecule has 1 aromatic rings. The molecular formula is C4H5BrN2O. The van der Waals surface area contributed by atoms with E-state index in [4.69, 9.17) is 0 Å². The Morgan fingerprint density at radius 3 is 2.62 bits per heavy atom. The SMILES string of the molecule is O=c1cc(CBr)[nH][nH]1. The molecule has 1 rings (SSSR count). The topological polar surface area (TPSA) is 48.6 Å². The van der Waals surface area contributed by atoms with Crippen molar-refractivity contribution in [3.8, 4) is 0 Å². The molecule has 0 aliphatic carbocycles. The van der Waals surface area contributed by atoms with Crippen molar-refractivity contribution >= 4 is 15.9 Å². The summed E-state index contributed by atoms with van der Waals surface area (Å²) in [6, 6.07) is 1.51. The maximum atomic E-state index is 10.3. The van der Waals surface area contributed by atoms with Gasteiger partial charge in [0.1, 0.15) is 0 Å². The number of nitrogens with one attached hydrogen (secondary N) is 2. The maximum absolute atomic E-state index is 10.3. The molecule has 0 saturated carbocycles. The van der Waals surface area contributed by atoms with E-state index in [1.165, 1.54) is 6.07 Å². The first kappa shape index (κ1) is 5.62. The van der Waals surface area contributed by atoms with E-state index >= 15 is 0 Å². The van der Waals surface area contributed by atoms with Crippen LogP contribution >= 0.6 is 15.9 Å². The van der Waals surface area contributed by atoms with Crippen LogP contribution in [0.3, 0.4) is 0 Å². The van der Waals surface area contributed by atoms with Crippen LogP contribution in [0.4, 0.5) is 0 Å². The second-order valence-corrected chi connectivity index (χ2v) is 1.98. The predicted octanol–water partition coefficient (Wildman–Crippen LogP) is 0.598. The van der Waals surface area contributed by atoms with Crippen LogP contribution in [0.2, 0.25) is 0 Å². The molecule has 0 aliphatic heterocycles. The molecule has 3 nitrogen and oxygen atoms in total. The van der Waals surface area contributed by atoms with Crippen LogP contribution in [0, 0.1) is 0 Å². The second kappa shape index (κ2) is 2.17. The molecule has 2 N–H and O–H groups in total. The maximum Gasteiger partial charge on any atom is 0.264 e. The van der Waals surface area contributed by atoms with Gasteiger partial charge in [0.25, 0.3) is 5.56 Å². The number of aromatic nitrogens is 2. The van der Waals surface area contributed by atoms with Crippen molar-refractivity contribution in [1.29, 1.82) is 0 Å². The van der Waals surface area contributed by atoms with Crippen LogP contribution < -0.4 is 5.56 Å². The van der Waals surface area contributed by atoms with Crippen molar-refractivity contribution < 1.29 is 0 Å². The zero-order valence-corrected chi connectivity index (χ0v) is 5.66. The van der Waals surface area contributed by atoms with Crippen molar-refractivity contribution in [3.05, 3.63) is 22.1 Å². The normalized spacial score (nSPS) is 9.62. The van der Waals surface area contributed by atoms with Gasteiger partial charge in [-0.05, 0) is 0 Å². The molecule has 1 aromatic heterocycles. The van der Waals surface area contributed by atoms with Crippen LogP contribution in [-0.2, 0) is 5.33 Å². The summed E-state index contributed by atoms with van der Waals surface area (Å²) in [5.41, 5.74) is 0.787. The summed E-state index contributed by atoms with van der Waals surface area (Å²) in [5, 5.41) is 5.77. The summed E-state index contributed by atoms with van der Waals surface area (Å²) in [4.78, 5) is 10.3. The number of H-pyrrole nitrogens is 2. The van der Waals surface area contributed by atoms with Crippen LogP contribution in [0.15, 0.2) is 10.9 Å². The van der Waals surface area contributed by atoms with Crippen molar-refractivity contribution in [2.75, 3.05) is 0 Å². The van der Waals surface area contributed by atoms with Gasteiger partial charge in [0.15, 0.2) is 0 Å². The number of aromatic amines is 2. The number of hydrogen-bond acceptors (Lipinski definition) is 1. The molecule has 0 aromatic carbocycles. The van der Waals surface area contributed by atoms with Gasteiger partial charge in [0, 0.05) is 17.1 Å². The van der Waals surface area contributed by atoms with Crippen molar-refractivity contribution in [2.45, 2.75) is 5.33 Å². The minimum atomic E-state index is -0.0838. The lowest BCUT2D eigenvalue weighted by Crippen LogP contribution is -1.93. The fourth-order valence-corrected chi connectivity index (χ4v) is 0.746. The van der Waals surface area contributed by atoms with Gasteiger partial charge in [0.2, 0.25) is 0 Å². The molecule has 0 unspecified atom stereocenters. The largest absolute Gasteiger partial charge is 0.301 e. The third-order valence-electron chi connectivity index (χ3n) is 0.796. The van der Waals surface area contributed by atoms with Gasteiger partial charge in [-0.1, -0.05) is 15.9 Å². The van der Waals surface area contributed by atoms with Gasteiger partial charge in [-0.3, -0.25) is 9.89 Å². The van der Waals surface area contributed by atoms with E-state index < -0.39 is 0 Å². The highest BCUT2D eigenvalue weighted by atomic mass is 79.9. The smallest absolute Gasteiger partial charge is 0.264 e. The monoisotopic (exact) mass is 176 g/mol.